The maximum absolute atomic E-state index is 13.2. The highest BCUT2D eigenvalue weighted by Crippen LogP contribution is 2.23. The number of nitrogens with two attached hydrogens (primary N) is 1. The first-order chi connectivity index (χ1) is 18.9. The van der Waals surface area contributed by atoms with Gasteiger partial charge in [0.15, 0.2) is 0 Å². The van der Waals surface area contributed by atoms with Crippen LogP contribution in [0.1, 0.15) is 64.7 Å². The van der Waals surface area contributed by atoms with Crippen LogP contribution in [0.4, 0.5) is 0 Å². The van der Waals surface area contributed by atoms with E-state index in [1.165, 1.54) is 37.7 Å². The lowest BCUT2D eigenvalue weighted by atomic mass is 9.94. The van der Waals surface area contributed by atoms with Gasteiger partial charge < -0.3 is 11.1 Å². The number of Topliss-reactive ketones (excluding diaryl/α,β-unsaturated/α-hetero) is 1. The summed E-state index contributed by atoms with van der Waals surface area (Å²) in [4.78, 5) is 39.8. The number of carbonyl (C=O) groups is 3. The number of nitrogens with one attached hydrogen (secondary N) is 1. The molecule has 0 spiro atoms. The minimum absolute atomic E-state index is 0.175. The molecule has 3 N–H and O–H groups in total. The van der Waals surface area contributed by atoms with Crippen molar-refractivity contribution in [2.24, 2.45) is 5.73 Å². The van der Waals surface area contributed by atoms with E-state index in [-0.39, 0.29) is 6.42 Å². The zero-order valence-electron chi connectivity index (χ0n) is 22.5. The number of amides is 2. The molecule has 1 aliphatic rings. The molecule has 39 heavy (non-hydrogen) atoms. The molecule has 6 nitrogen and oxygen atoms in total. The molecule has 1 aliphatic carbocycles. The third-order valence-corrected chi connectivity index (χ3v) is 7.42. The predicted molar refractivity (Wildman–Crippen MR) is 156 cm³/mol. The average Bonchev–Trinajstić information content (AvgIpc) is 2.97. The standard InChI is InChI=1S/C33H37N3O3/c1-36(28-13-6-3-7-14-28)23-26-18-16-24(17-19-26)20-21-27-12-8-9-15-29(27)33(39)35-30(31(37)32(34)38)22-25-10-4-2-5-11-25/h2,4-5,8-12,15-21,28,30H,3,6-7,13-14,22-23H2,1H3,(H2,34,38)(H,35,39)/b21-20+. The average molecular weight is 524 g/mol. The van der Waals surface area contributed by atoms with E-state index in [9.17, 15) is 14.4 Å². The topological polar surface area (TPSA) is 92.5 Å². The number of hydrogen-bond donors (Lipinski definition) is 2. The Labute approximate surface area is 230 Å². The summed E-state index contributed by atoms with van der Waals surface area (Å²) in [6.07, 6.45) is 10.6. The lowest BCUT2D eigenvalue weighted by Gasteiger charge is -2.31. The molecule has 0 aliphatic heterocycles. The quantitative estimate of drug-likeness (QED) is 0.273. The van der Waals surface area contributed by atoms with Crippen molar-refractivity contribution < 1.29 is 14.4 Å². The normalized spacial score (nSPS) is 14.8. The van der Waals surface area contributed by atoms with E-state index >= 15 is 0 Å². The number of carbonyl (C=O) groups excluding carboxylic acids is 3. The van der Waals surface area contributed by atoms with Gasteiger partial charge in [-0.1, -0.05) is 104 Å². The second-order valence-electron chi connectivity index (χ2n) is 10.3. The van der Waals surface area contributed by atoms with E-state index in [2.05, 4.69) is 41.5 Å². The molecular weight excluding hydrogens is 486 g/mol. The Morgan fingerprint density at radius 3 is 2.23 bits per heavy atom. The van der Waals surface area contributed by atoms with Gasteiger partial charge in [-0.25, -0.2) is 0 Å². The first kappa shape index (κ1) is 28.0. The van der Waals surface area contributed by atoms with Gasteiger partial charge >= 0.3 is 0 Å². The molecule has 1 saturated carbocycles. The largest absolute Gasteiger partial charge is 0.363 e. The van der Waals surface area contributed by atoms with Crippen LogP contribution in [0.2, 0.25) is 0 Å². The number of ketones is 1. The van der Waals surface area contributed by atoms with Gasteiger partial charge in [0.25, 0.3) is 11.8 Å². The Morgan fingerprint density at radius 2 is 1.54 bits per heavy atom. The maximum atomic E-state index is 13.2. The highest BCUT2D eigenvalue weighted by molar-refractivity contribution is 6.38. The van der Waals surface area contributed by atoms with Crippen LogP contribution in [0.15, 0.2) is 78.9 Å². The Morgan fingerprint density at radius 1 is 0.872 bits per heavy atom. The third kappa shape index (κ3) is 7.98. The molecule has 0 bridgehead atoms. The lowest BCUT2D eigenvalue weighted by molar-refractivity contribution is -0.137. The smallest absolute Gasteiger partial charge is 0.287 e. The zero-order valence-corrected chi connectivity index (χ0v) is 22.5. The summed E-state index contributed by atoms with van der Waals surface area (Å²) in [7, 11) is 2.22. The SMILES string of the molecule is CN(Cc1ccc(/C=C/c2ccccc2C(=O)NC(Cc2ccccc2)C(=O)C(N)=O)cc1)C1CCCCC1. The van der Waals surface area contributed by atoms with Crippen LogP contribution in [-0.2, 0) is 22.6 Å². The molecule has 1 unspecified atom stereocenters. The molecule has 0 aromatic heterocycles. The number of nitrogens with zero attached hydrogens (tertiary/aromatic N) is 1. The zero-order chi connectivity index (χ0) is 27.6. The van der Waals surface area contributed by atoms with E-state index in [0.29, 0.717) is 17.2 Å². The summed E-state index contributed by atoms with van der Waals surface area (Å²) in [6, 6.07) is 24.5. The van der Waals surface area contributed by atoms with Crippen molar-refractivity contribution in [2.75, 3.05) is 7.05 Å². The molecule has 4 rings (SSSR count). The van der Waals surface area contributed by atoms with Gasteiger partial charge in [0.1, 0.15) is 6.04 Å². The summed E-state index contributed by atoms with van der Waals surface area (Å²) in [6.45, 7) is 0.936. The summed E-state index contributed by atoms with van der Waals surface area (Å²) < 4.78 is 0. The predicted octanol–water partition coefficient (Wildman–Crippen LogP) is 5.02. The molecule has 3 aromatic carbocycles. The van der Waals surface area contributed by atoms with Crippen molar-refractivity contribution >= 4 is 29.7 Å². The summed E-state index contributed by atoms with van der Waals surface area (Å²) in [5.74, 6) is -2.33. The van der Waals surface area contributed by atoms with E-state index in [1.54, 1.807) is 12.1 Å². The molecule has 6 heteroatoms. The molecule has 1 fully saturated rings. The van der Waals surface area contributed by atoms with Crippen molar-refractivity contribution in [2.45, 2.75) is 57.2 Å². The van der Waals surface area contributed by atoms with Gasteiger partial charge in [0, 0.05) is 24.6 Å². The molecule has 3 aromatic rings. The minimum Gasteiger partial charge on any atom is -0.363 e. The van der Waals surface area contributed by atoms with E-state index in [0.717, 1.165) is 17.7 Å². The van der Waals surface area contributed by atoms with E-state index < -0.39 is 23.6 Å². The fourth-order valence-electron chi connectivity index (χ4n) is 5.17. The van der Waals surface area contributed by atoms with Gasteiger partial charge in [-0.2, -0.15) is 0 Å². The van der Waals surface area contributed by atoms with Crippen molar-refractivity contribution in [1.82, 2.24) is 10.2 Å². The molecule has 0 radical (unpaired) electrons. The first-order valence-electron chi connectivity index (χ1n) is 13.7. The van der Waals surface area contributed by atoms with Gasteiger partial charge in [0.2, 0.25) is 5.78 Å². The fourth-order valence-corrected chi connectivity index (χ4v) is 5.17. The van der Waals surface area contributed by atoms with Crippen LogP contribution in [0.5, 0.6) is 0 Å². The maximum Gasteiger partial charge on any atom is 0.287 e. The van der Waals surface area contributed by atoms with Crippen LogP contribution < -0.4 is 11.1 Å². The van der Waals surface area contributed by atoms with Crippen molar-refractivity contribution in [1.29, 1.82) is 0 Å². The summed E-state index contributed by atoms with van der Waals surface area (Å²) >= 11 is 0. The molecule has 0 saturated heterocycles. The van der Waals surface area contributed by atoms with Crippen LogP contribution >= 0.6 is 0 Å². The van der Waals surface area contributed by atoms with Crippen LogP contribution in [0.25, 0.3) is 12.2 Å². The highest BCUT2D eigenvalue weighted by Gasteiger charge is 2.26. The minimum atomic E-state index is -1.07. The van der Waals surface area contributed by atoms with Crippen molar-refractivity contribution in [3.05, 3.63) is 107 Å². The van der Waals surface area contributed by atoms with Crippen LogP contribution in [0, 0.1) is 0 Å². The monoisotopic (exact) mass is 523 g/mol. The first-order valence-corrected chi connectivity index (χ1v) is 13.7. The van der Waals surface area contributed by atoms with Gasteiger partial charge in [-0.3, -0.25) is 19.3 Å². The van der Waals surface area contributed by atoms with Crippen molar-refractivity contribution in [3.63, 3.8) is 0 Å². The fraction of sp³-hybridized carbons (Fsp3) is 0.303. The molecule has 2 amide bonds. The Hall–Kier alpha value is -4.03. The Bertz CT molecular complexity index is 1300. The molecular formula is C33H37N3O3. The van der Waals surface area contributed by atoms with Crippen LogP contribution in [-0.4, -0.2) is 41.6 Å². The summed E-state index contributed by atoms with van der Waals surface area (Å²) in [5, 5.41) is 2.73. The third-order valence-electron chi connectivity index (χ3n) is 7.42. The number of rotatable bonds is 11. The van der Waals surface area contributed by atoms with Gasteiger partial charge in [0.05, 0.1) is 0 Å². The summed E-state index contributed by atoms with van der Waals surface area (Å²) in [5.41, 5.74) is 9.52. The van der Waals surface area contributed by atoms with Gasteiger partial charge in [-0.15, -0.1) is 0 Å². The number of hydrogen-bond acceptors (Lipinski definition) is 4. The molecule has 1 atom stereocenters. The number of primary amides is 1. The number of benzene rings is 3. The van der Waals surface area contributed by atoms with Crippen LogP contribution in [0.3, 0.4) is 0 Å². The van der Waals surface area contributed by atoms with E-state index in [1.807, 2.05) is 54.6 Å². The van der Waals surface area contributed by atoms with Crippen molar-refractivity contribution in [3.8, 4) is 0 Å². The Kier molecular flexibility index (Phi) is 9.81. The second kappa shape index (κ2) is 13.7. The lowest BCUT2D eigenvalue weighted by Crippen LogP contribution is -2.47. The van der Waals surface area contributed by atoms with E-state index in [4.69, 9.17) is 5.73 Å². The molecule has 0 heterocycles. The second-order valence-corrected chi connectivity index (χ2v) is 10.3. The molecule has 202 valence electrons. The van der Waals surface area contributed by atoms with Gasteiger partial charge in [-0.05, 0) is 48.2 Å². The highest BCUT2D eigenvalue weighted by atomic mass is 16.2. The Balaban J connectivity index is 1.43.